The second-order valence-corrected chi connectivity index (χ2v) is 10.8. The third-order valence-electron chi connectivity index (χ3n) is 8.19. The van der Waals surface area contributed by atoms with Crippen LogP contribution < -0.4 is 14.4 Å². The Kier molecular flexibility index (Phi) is 6.19. The van der Waals surface area contributed by atoms with Crippen LogP contribution in [0.15, 0.2) is 42.6 Å². The van der Waals surface area contributed by atoms with E-state index in [0.29, 0.717) is 32.0 Å². The van der Waals surface area contributed by atoms with Crippen LogP contribution in [0.25, 0.3) is 34.2 Å². The van der Waals surface area contributed by atoms with Crippen molar-refractivity contribution in [3.63, 3.8) is 0 Å². The van der Waals surface area contributed by atoms with Crippen molar-refractivity contribution in [2.45, 2.75) is 12.5 Å². The van der Waals surface area contributed by atoms with Crippen molar-refractivity contribution in [3.05, 3.63) is 53.9 Å². The smallest absolute Gasteiger partial charge is 0.263 e. The monoisotopic (exact) mass is 539 g/mol. The lowest BCUT2D eigenvalue weighted by Crippen LogP contribution is -2.44. The van der Waals surface area contributed by atoms with Crippen LogP contribution in [0.1, 0.15) is 17.7 Å². The van der Waals surface area contributed by atoms with Gasteiger partial charge in [-0.05, 0) is 49.0 Å². The Morgan fingerprint density at radius 3 is 2.70 bits per heavy atom. The van der Waals surface area contributed by atoms with Gasteiger partial charge < -0.3 is 24.2 Å². The second kappa shape index (κ2) is 10.0. The van der Waals surface area contributed by atoms with E-state index in [1.807, 2.05) is 42.4 Å². The molecule has 0 spiro atoms. The summed E-state index contributed by atoms with van der Waals surface area (Å²) in [4.78, 5) is 19.9. The minimum atomic E-state index is -0.522. The quantitative estimate of drug-likeness (QED) is 0.397. The van der Waals surface area contributed by atoms with Gasteiger partial charge in [0.2, 0.25) is 5.88 Å². The predicted octanol–water partition coefficient (Wildman–Crippen LogP) is 3.26. The summed E-state index contributed by atoms with van der Waals surface area (Å²) in [6.45, 7) is 5.46. The standard InChI is InChI=1S/C30H33N7O3/c1-34-11-13-36(14-12-34)22-6-3-20-4-7-25-23-17-21(5-8-26(23)33-32-25)24-19-31-35(2)30(24)39-16-15-37-10-9-27(29(37)38)40-28(20)18-22/h3-8,17-19,27H,9-16H2,1-2H3,(H,32,33)/t27-/m1/s1. The molecular formula is C30H33N7O3. The number of aromatic nitrogens is 4. The number of hydrogen-bond donors (Lipinski definition) is 1. The maximum absolute atomic E-state index is 13.3. The van der Waals surface area contributed by atoms with E-state index in [9.17, 15) is 4.79 Å². The third-order valence-corrected chi connectivity index (χ3v) is 8.19. The first kappa shape index (κ1) is 24.7. The largest absolute Gasteiger partial charge is 0.480 e. The van der Waals surface area contributed by atoms with Gasteiger partial charge in [0.05, 0.1) is 29.5 Å². The molecule has 3 aliphatic rings. The normalized spacial score (nSPS) is 19.9. The Hall–Kier alpha value is -4.31. The van der Waals surface area contributed by atoms with Crippen LogP contribution in [-0.4, -0.2) is 94.7 Å². The molecule has 10 heteroatoms. The number of benzene rings is 2. The van der Waals surface area contributed by atoms with Crippen LogP contribution in [0.4, 0.5) is 5.69 Å². The van der Waals surface area contributed by atoms with Gasteiger partial charge >= 0.3 is 0 Å². The lowest BCUT2D eigenvalue weighted by Gasteiger charge is -2.34. The van der Waals surface area contributed by atoms with Gasteiger partial charge in [-0.1, -0.05) is 6.07 Å². The fourth-order valence-corrected chi connectivity index (χ4v) is 5.76. The van der Waals surface area contributed by atoms with Crippen molar-refractivity contribution in [2.24, 2.45) is 7.05 Å². The van der Waals surface area contributed by atoms with Crippen LogP contribution in [0.2, 0.25) is 0 Å². The number of anilines is 1. The number of piperazine rings is 1. The van der Waals surface area contributed by atoms with Crippen molar-refractivity contribution < 1.29 is 14.3 Å². The van der Waals surface area contributed by atoms with Crippen molar-refractivity contribution in [1.82, 2.24) is 29.8 Å². The summed E-state index contributed by atoms with van der Waals surface area (Å²) in [5, 5.41) is 13.1. The maximum Gasteiger partial charge on any atom is 0.263 e. The number of likely N-dealkylation sites (N-methyl/N-ethyl adjacent to an activating group) is 1. The molecule has 1 amide bonds. The zero-order valence-electron chi connectivity index (χ0n) is 22.8. The Morgan fingerprint density at radius 2 is 1.82 bits per heavy atom. The molecule has 2 fully saturated rings. The zero-order valence-corrected chi connectivity index (χ0v) is 22.8. The van der Waals surface area contributed by atoms with Crippen molar-refractivity contribution in [1.29, 1.82) is 0 Å². The number of H-pyrrole nitrogens is 1. The number of nitrogens with one attached hydrogen (secondary N) is 1. The highest BCUT2D eigenvalue weighted by Gasteiger charge is 2.34. The summed E-state index contributed by atoms with van der Waals surface area (Å²) >= 11 is 0. The number of amides is 1. The minimum Gasteiger partial charge on any atom is -0.480 e. The topological polar surface area (TPSA) is 91.8 Å². The van der Waals surface area contributed by atoms with Crippen LogP contribution in [0, 0.1) is 0 Å². The van der Waals surface area contributed by atoms with Gasteiger partial charge in [-0.2, -0.15) is 10.2 Å². The molecule has 0 unspecified atom stereocenters. The van der Waals surface area contributed by atoms with Gasteiger partial charge in [-0.15, -0.1) is 0 Å². The molecule has 0 saturated carbocycles. The molecular weight excluding hydrogens is 506 g/mol. The fourth-order valence-electron chi connectivity index (χ4n) is 5.76. The van der Waals surface area contributed by atoms with E-state index in [2.05, 4.69) is 56.4 Å². The molecule has 10 nitrogen and oxygen atoms in total. The van der Waals surface area contributed by atoms with Crippen LogP contribution >= 0.6 is 0 Å². The number of fused-ring (bicyclic) bond motifs is 6. The molecule has 40 heavy (non-hydrogen) atoms. The van der Waals surface area contributed by atoms with E-state index in [-0.39, 0.29) is 5.91 Å². The van der Waals surface area contributed by atoms with E-state index in [0.717, 1.165) is 70.9 Å². The van der Waals surface area contributed by atoms with E-state index in [1.165, 1.54) is 0 Å². The number of hydrogen-bond acceptors (Lipinski definition) is 7. The summed E-state index contributed by atoms with van der Waals surface area (Å²) in [5.41, 5.74) is 5.71. The van der Waals surface area contributed by atoms with Gasteiger partial charge in [0, 0.05) is 68.9 Å². The summed E-state index contributed by atoms with van der Waals surface area (Å²) in [7, 11) is 4.02. The molecule has 3 aliphatic heterocycles. The molecule has 2 aromatic heterocycles. The first-order valence-corrected chi connectivity index (χ1v) is 13.9. The summed E-state index contributed by atoms with van der Waals surface area (Å²) in [5.74, 6) is 1.39. The van der Waals surface area contributed by atoms with E-state index < -0.39 is 6.10 Å². The molecule has 4 aromatic rings. The van der Waals surface area contributed by atoms with E-state index in [1.54, 1.807) is 4.68 Å². The number of carbonyl (C=O) groups is 1. The lowest BCUT2D eigenvalue weighted by atomic mass is 10.0. The first-order valence-electron chi connectivity index (χ1n) is 13.9. The molecule has 5 heterocycles. The number of rotatable bonds is 1. The third kappa shape index (κ3) is 4.48. The van der Waals surface area contributed by atoms with E-state index in [4.69, 9.17) is 9.47 Å². The van der Waals surface area contributed by atoms with Gasteiger partial charge in [0.15, 0.2) is 6.10 Å². The highest BCUT2D eigenvalue weighted by molar-refractivity contribution is 5.93. The molecule has 0 radical (unpaired) electrons. The predicted molar refractivity (Wildman–Crippen MR) is 154 cm³/mol. The fraction of sp³-hybridized carbons (Fsp3) is 0.367. The Labute approximate surface area is 232 Å². The number of aryl methyl sites for hydroxylation is 1. The van der Waals surface area contributed by atoms with Crippen LogP contribution in [-0.2, 0) is 11.8 Å². The molecule has 206 valence electrons. The van der Waals surface area contributed by atoms with Crippen molar-refractivity contribution in [3.8, 4) is 22.8 Å². The van der Waals surface area contributed by atoms with E-state index >= 15 is 0 Å². The molecule has 1 atom stereocenters. The highest BCUT2D eigenvalue weighted by atomic mass is 16.5. The van der Waals surface area contributed by atoms with Crippen molar-refractivity contribution >= 4 is 34.6 Å². The molecule has 0 aliphatic carbocycles. The number of nitrogens with zero attached hydrogens (tertiary/aromatic N) is 6. The Bertz CT molecular complexity index is 1600. The second-order valence-electron chi connectivity index (χ2n) is 10.8. The molecule has 4 bridgehead atoms. The Balaban J connectivity index is 1.30. The molecule has 1 N–H and O–H groups in total. The average Bonchev–Trinajstić information content (AvgIpc) is 3.65. The number of ether oxygens (including phenoxy) is 2. The number of carbonyl (C=O) groups excluding carboxylic acids is 1. The van der Waals surface area contributed by atoms with Crippen LogP contribution in [0.5, 0.6) is 11.6 Å². The van der Waals surface area contributed by atoms with Gasteiger partial charge in [-0.3, -0.25) is 9.89 Å². The van der Waals surface area contributed by atoms with Crippen molar-refractivity contribution in [2.75, 3.05) is 57.8 Å². The SMILES string of the molecule is CN1CCN(c2ccc3c(c2)O[C@@H]2CCN(CCOc4c(cnn4C)-c4ccc5n[nH]c(c5c4)C=C3)C2=O)CC1. The molecule has 7 rings (SSSR count). The lowest BCUT2D eigenvalue weighted by molar-refractivity contribution is -0.133. The maximum atomic E-state index is 13.3. The first-order chi connectivity index (χ1) is 19.5. The average molecular weight is 540 g/mol. The highest BCUT2D eigenvalue weighted by Crippen LogP contribution is 2.34. The summed E-state index contributed by atoms with van der Waals surface area (Å²) in [6, 6.07) is 12.5. The van der Waals surface area contributed by atoms with Gasteiger partial charge in [-0.25, -0.2) is 4.68 Å². The van der Waals surface area contributed by atoms with Gasteiger partial charge in [0.1, 0.15) is 12.4 Å². The van der Waals surface area contributed by atoms with Gasteiger partial charge in [0.25, 0.3) is 5.91 Å². The minimum absolute atomic E-state index is 0.00000600. The van der Waals surface area contributed by atoms with Crippen LogP contribution in [0.3, 0.4) is 0 Å². The molecule has 2 saturated heterocycles. The summed E-state index contributed by atoms with van der Waals surface area (Å²) in [6.07, 6.45) is 6.00. The Morgan fingerprint density at radius 1 is 0.950 bits per heavy atom. The number of aromatic amines is 1. The molecule has 2 aromatic carbocycles. The zero-order chi connectivity index (χ0) is 27.2. The summed E-state index contributed by atoms with van der Waals surface area (Å²) < 4.78 is 14.4.